The highest BCUT2D eigenvalue weighted by Gasteiger charge is 2.27. The number of carbonyl (C=O) groups is 1. The van der Waals surface area contributed by atoms with Crippen molar-refractivity contribution in [3.8, 4) is 5.75 Å². The fraction of sp³-hybridized carbons (Fsp3) is 0.429. The highest BCUT2D eigenvalue weighted by atomic mass is 16.5. The number of rotatable bonds is 5. The number of ether oxygens (including phenoxy) is 1. The molecule has 4 heteroatoms. The van der Waals surface area contributed by atoms with E-state index in [0.29, 0.717) is 5.92 Å². The SMILES string of the molecule is O=C(NC1CCC(Oc2ccccc2)CC1)c1ccnc(C2CC2)c1. The Balaban J connectivity index is 1.28. The molecule has 2 aliphatic rings. The summed E-state index contributed by atoms with van der Waals surface area (Å²) in [4.78, 5) is 16.9. The number of nitrogens with one attached hydrogen (secondary N) is 1. The highest BCUT2D eigenvalue weighted by molar-refractivity contribution is 5.94. The van der Waals surface area contributed by atoms with Gasteiger partial charge < -0.3 is 10.1 Å². The second kappa shape index (κ2) is 7.26. The molecule has 0 spiro atoms. The number of para-hydroxylation sites is 1. The third-order valence-corrected chi connectivity index (χ3v) is 5.09. The second-order valence-corrected chi connectivity index (χ2v) is 7.12. The van der Waals surface area contributed by atoms with Crippen molar-refractivity contribution in [3.63, 3.8) is 0 Å². The average molecular weight is 336 g/mol. The van der Waals surface area contributed by atoms with Crippen molar-refractivity contribution in [2.45, 2.75) is 56.6 Å². The van der Waals surface area contributed by atoms with E-state index in [-0.39, 0.29) is 18.1 Å². The molecular formula is C21H24N2O2. The Kier molecular flexibility index (Phi) is 4.68. The zero-order valence-corrected chi connectivity index (χ0v) is 14.4. The first-order valence-electron chi connectivity index (χ1n) is 9.26. The van der Waals surface area contributed by atoms with Crippen LogP contribution in [0.1, 0.15) is 60.5 Å². The van der Waals surface area contributed by atoms with E-state index in [1.165, 1.54) is 12.8 Å². The number of amides is 1. The van der Waals surface area contributed by atoms with Gasteiger partial charge in [-0.1, -0.05) is 18.2 Å². The van der Waals surface area contributed by atoms with Gasteiger partial charge in [-0.25, -0.2) is 0 Å². The summed E-state index contributed by atoms with van der Waals surface area (Å²) in [5, 5.41) is 3.18. The number of hydrogen-bond acceptors (Lipinski definition) is 3. The number of pyridine rings is 1. The summed E-state index contributed by atoms with van der Waals surface area (Å²) in [6.07, 6.45) is 8.28. The largest absolute Gasteiger partial charge is 0.490 e. The minimum atomic E-state index is 0.0247. The van der Waals surface area contributed by atoms with Gasteiger partial charge in [0.1, 0.15) is 5.75 Å². The summed E-state index contributed by atoms with van der Waals surface area (Å²) >= 11 is 0. The Morgan fingerprint density at radius 2 is 1.76 bits per heavy atom. The standard InChI is InChI=1S/C21H24N2O2/c24-21(16-12-13-22-20(14-16)15-6-7-15)23-17-8-10-19(11-9-17)25-18-4-2-1-3-5-18/h1-5,12-15,17,19H,6-11H2,(H,23,24). The molecule has 130 valence electrons. The lowest BCUT2D eigenvalue weighted by Gasteiger charge is -2.29. The summed E-state index contributed by atoms with van der Waals surface area (Å²) in [6.45, 7) is 0. The van der Waals surface area contributed by atoms with Gasteiger partial charge in [-0.2, -0.15) is 0 Å². The second-order valence-electron chi connectivity index (χ2n) is 7.12. The maximum atomic E-state index is 12.5. The first-order valence-corrected chi connectivity index (χ1v) is 9.26. The van der Waals surface area contributed by atoms with Crippen LogP contribution < -0.4 is 10.1 Å². The maximum absolute atomic E-state index is 12.5. The van der Waals surface area contributed by atoms with E-state index in [4.69, 9.17) is 4.74 Å². The van der Waals surface area contributed by atoms with E-state index in [1.807, 2.05) is 42.5 Å². The molecule has 0 unspecified atom stereocenters. The van der Waals surface area contributed by atoms with Crippen LogP contribution in [0, 0.1) is 0 Å². The molecule has 2 aliphatic carbocycles. The van der Waals surface area contributed by atoms with Crippen LogP contribution in [0.25, 0.3) is 0 Å². The lowest BCUT2D eigenvalue weighted by Crippen LogP contribution is -2.39. The molecule has 0 aliphatic heterocycles. The highest BCUT2D eigenvalue weighted by Crippen LogP contribution is 2.39. The molecule has 0 atom stereocenters. The summed E-state index contributed by atoms with van der Waals surface area (Å²) < 4.78 is 6.02. The Morgan fingerprint density at radius 1 is 1.00 bits per heavy atom. The first-order chi connectivity index (χ1) is 12.3. The van der Waals surface area contributed by atoms with Crippen molar-refractivity contribution < 1.29 is 9.53 Å². The van der Waals surface area contributed by atoms with E-state index in [0.717, 1.165) is 42.7 Å². The quantitative estimate of drug-likeness (QED) is 0.895. The fourth-order valence-corrected chi connectivity index (χ4v) is 3.48. The molecule has 2 aromatic rings. The molecule has 0 saturated heterocycles. The molecule has 0 bridgehead atoms. The summed E-state index contributed by atoms with van der Waals surface area (Å²) in [5.74, 6) is 1.52. The van der Waals surface area contributed by atoms with Crippen molar-refractivity contribution in [3.05, 3.63) is 59.9 Å². The van der Waals surface area contributed by atoms with Crippen LogP contribution in [0.4, 0.5) is 0 Å². The van der Waals surface area contributed by atoms with Crippen LogP contribution in [-0.4, -0.2) is 23.0 Å². The Bertz CT molecular complexity index is 720. The molecular weight excluding hydrogens is 312 g/mol. The van der Waals surface area contributed by atoms with E-state index in [9.17, 15) is 4.79 Å². The molecule has 0 radical (unpaired) electrons. The number of carbonyl (C=O) groups excluding carboxylic acids is 1. The molecule has 1 aromatic heterocycles. The van der Waals surface area contributed by atoms with Gasteiger partial charge in [-0.15, -0.1) is 0 Å². The van der Waals surface area contributed by atoms with Gasteiger partial charge in [0, 0.05) is 29.4 Å². The fourth-order valence-electron chi connectivity index (χ4n) is 3.48. The van der Waals surface area contributed by atoms with E-state index < -0.39 is 0 Å². The van der Waals surface area contributed by atoms with E-state index >= 15 is 0 Å². The molecule has 1 heterocycles. The minimum absolute atomic E-state index is 0.0247. The van der Waals surface area contributed by atoms with Gasteiger partial charge in [0.2, 0.25) is 0 Å². The zero-order chi connectivity index (χ0) is 17.1. The predicted molar refractivity (Wildman–Crippen MR) is 96.8 cm³/mol. The van der Waals surface area contributed by atoms with Gasteiger partial charge in [0.15, 0.2) is 0 Å². The Morgan fingerprint density at radius 3 is 2.48 bits per heavy atom. The molecule has 1 N–H and O–H groups in total. The number of aromatic nitrogens is 1. The molecule has 2 fully saturated rings. The van der Waals surface area contributed by atoms with Crippen molar-refractivity contribution in [2.24, 2.45) is 0 Å². The molecule has 1 amide bonds. The third-order valence-electron chi connectivity index (χ3n) is 5.09. The van der Waals surface area contributed by atoms with Crippen molar-refractivity contribution in [2.75, 3.05) is 0 Å². The van der Waals surface area contributed by atoms with Crippen LogP contribution in [0.15, 0.2) is 48.7 Å². The molecule has 2 saturated carbocycles. The van der Waals surface area contributed by atoms with Gasteiger partial charge in [-0.05, 0) is 62.8 Å². The van der Waals surface area contributed by atoms with Crippen LogP contribution in [0.5, 0.6) is 5.75 Å². The van der Waals surface area contributed by atoms with Crippen LogP contribution >= 0.6 is 0 Å². The average Bonchev–Trinajstić information content (AvgIpc) is 3.50. The Hall–Kier alpha value is -2.36. The smallest absolute Gasteiger partial charge is 0.251 e. The lowest BCUT2D eigenvalue weighted by molar-refractivity contribution is 0.0893. The van der Waals surface area contributed by atoms with Gasteiger partial charge in [-0.3, -0.25) is 9.78 Å². The number of hydrogen-bond donors (Lipinski definition) is 1. The monoisotopic (exact) mass is 336 g/mol. The molecule has 25 heavy (non-hydrogen) atoms. The summed E-state index contributed by atoms with van der Waals surface area (Å²) in [5.41, 5.74) is 1.80. The van der Waals surface area contributed by atoms with Gasteiger partial charge in [0.05, 0.1) is 6.10 Å². The van der Waals surface area contributed by atoms with Crippen LogP contribution in [0.3, 0.4) is 0 Å². The predicted octanol–water partition coefficient (Wildman–Crippen LogP) is 4.08. The third kappa shape index (κ3) is 4.19. The summed E-state index contributed by atoms with van der Waals surface area (Å²) in [7, 11) is 0. The van der Waals surface area contributed by atoms with E-state index in [1.54, 1.807) is 6.20 Å². The molecule has 4 nitrogen and oxygen atoms in total. The lowest BCUT2D eigenvalue weighted by atomic mass is 9.92. The zero-order valence-electron chi connectivity index (χ0n) is 14.4. The number of nitrogens with zero attached hydrogens (tertiary/aromatic N) is 1. The maximum Gasteiger partial charge on any atom is 0.251 e. The molecule has 4 rings (SSSR count). The topological polar surface area (TPSA) is 51.2 Å². The first kappa shape index (κ1) is 16.1. The van der Waals surface area contributed by atoms with Crippen molar-refractivity contribution in [1.29, 1.82) is 0 Å². The van der Waals surface area contributed by atoms with Crippen molar-refractivity contribution >= 4 is 5.91 Å². The van der Waals surface area contributed by atoms with Crippen molar-refractivity contribution in [1.82, 2.24) is 10.3 Å². The Labute approximate surface area is 148 Å². The van der Waals surface area contributed by atoms with E-state index in [2.05, 4.69) is 10.3 Å². The normalized spacial score (nSPS) is 23.0. The van der Waals surface area contributed by atoms with Gasteiger partial charge in [0.25, 0.3) is 5.91 Å². The summed E-state index contributed by atoms with van der Waals surface area (Å²) in [6, 6.07) is 14.0. The van der Waals surface area contributed by atoms with Gasteiger partial charge >= 0.3 is 0 Å². The minimum Gasteiger partial charge on any atom is -0.490 e. The number of benzene rings is 1. The van der Waals surface area contributed by atoms with Crippen LogP contribution in [-0.2, 0) is 0 Å². The van der Waals surface area contributed by atoms with Crippen LogP contribution in [0.2, 0.25) is 0 Å². The molecule has 1 aromatic carbocycles.